The number of methoxy groups -OCH3 is 2. The zero-order chi connectivity index (χ0) is 34.0. The number of aliphatic hydroxyl groups is 1. The largest absolute Gasteiger partial charge is 0.493 e. The van der Waals surface area contributed by atoms with Crippen LogP contribution in [0, 0.1) is 29.1 Å². The van der Waals surface area contributed by atoms with Crippen molar-refractivity contribution < 1.29 is 28.9 Å². The van der Waals surface area contributed by atoms with Crippen LogP contribution in [0.3, 0.4) is 0 Å². The summed E-state index contributed by atoms with van der Waals surface area (Å²) in [6.45, 7) is 16.6. The minimum Gasteiger partial charge on any atom is -0.493 e. The average Bonchev–Trinajstić information content (AvgIpc) is 2.99. The number of nitrogens with one attached hydrogen (secondary N) is 2. The molecule has 0 radical (unpaired) electrons. The van der Waals surface area contributed by atoms with Gasteiger partial charge in [-0.1, -0.05) is 67.4 Å². The molecule has 1 aromatic carbocycles. The average molecular weight is 636 g/mol. The summed E-state index contributed by atoms with van der Waals surface area (Å²) in [5.41, 5.74) is 7.43. The molecule has 5 N–H and O–H groups in total. The van der Waals surface area contributed by atoms with E-state index in [-0.39, 0.29) is 35.0 Å². The number of carbonyl (C=O) groups excluding carboxylic acids is 2. The van der Waals surface area contributed by atoms with Crippen LogP contribution in [-0.4, -0.2) is 69.6 Å². The van der Waals surface area contributed by atoms with Gasteiger partial charge in [0.15, 0.2) is 11.5 Å². The molecule has 9 nitrogen and oxygen atoms in total. The first-order chi connectivity index (χ1) is 21.2. The summed E-state index contributed by atoms with van der Waals surface area (Å²) in [6.07, 6.45) is 5.25. The van der Waals surface area contributed by atoms with Gasteiger partial charge in [0.05, 0.1) is 19.8 Å². The first kappa shape index (κ1) is 40.7. The molecule has 4 atom stereocenters. The standard InChI is InChI=1S/C36H65N3O6/c1-10-11-12-14-34(41)38-23-36(6,7)24-39-35(42)29(26(4)5)22-31(40)30(37)21-28(25(2)3)19-27-15-16-32(44-9)33(20-27)45-18-13-17-43-8/h15-16,20,25-26,28-31,40H,10-14,17-19,21-24,37H2,1-9H3,(H,38,41)(H,39,42)/t28-,29-,30-,31-/m0/s1. The SMILES string of the molecule is CCCCCC(=O)NCC(C)(C)CNC(=O)[C@@H](C[C@H](O)[C@@H](N)C[C@H](Cc1ccc(OC)c(OCCCOC)c1)C(C)C)C(C)C. The van der Waals surface area contributed by atoms with Gasteiger partial charge in [0.25, 0.3) is 0 Å². The fourth-order valence-electron chi connectivity index (χ4n) is 5.35. The first-order valence-electron chi connectivity index (χ1n) is 17.0. The summed E-state index contributed by atoms with van der Waals surface area (Å²) in [4.78, 5) is 25.4. The van der Waals surface area contributed by atoms with Gasteiger partial charge >= 0.3 is 0 Å². The molecule has 0 aliphatic heterocycles. The van der Waals surface area contributed by atoms with Gasteiger partial charge in [0.1, 0.15) is 0 Å². The second kappa shape index (κ2) is 21.4. The summed E-state index contributed by atoms with van der Waals surface area (Å²) in [5, 5.41) is 17.3. The Morgan fingerprint density at radius 2 is 1.62 bits per heavy atom. The number of hydrogen-bond acceptors (Lipinski definition) is 7. The van der Waals surface area contributed by atoms with Crippen molar-refractivity contribution in [2.45, 2.75) is 112 Å². The summed E-state index contributed by atoms with van der Waals surface area (Å²) in [7, 11) is 3.31. The van der Waals surface area contributed by atoms with Crippen molar-refractivity contribution in [3.05, 3.63) is 23.8 Å². The van der Waals surface area contributed by atoms with Crippen molar-refractivity contribution >= 4 is 11.8 Å². The lowest BCUT2D eigenvalue weighted by Crippen LogP contribution is -2.46. The van der Waals surface area contributed by atoms with Crippen LogP contribution in [0.1, 0.15) is 99.0 Å². The molecule has 0 bridgehead atoms. The Morgan fingerprint density at radius 1 is 0.933 bits per heavy atom. The van der Waals surface area contributed by atoms with E-state index in [0.29, 0.717) is 63.0 Å². The number of ether oxygens (including phenoxy) is 3. The van der Waals surface area contributed by atoms with E-state index in [4.69, 9.17) is 19.9 Å². The second-order valence-corrected chi connectivity index (χ2v) is 14.1. The molecule has 9 heteroatoms. The Balaban J connectivity index is 2.77. The van der Waals surface area contributed by atoms with E-state index < -0.39 is 12.1 Å². The van der Waals surface area contributed by atoms with E-state index in [9.17, 15) is 14.7 Å². The second-order valence-electron chi connectivity index (χ2n) is 14.1. The lowest BCUT2D eigenvalue weighted by atomic mass is 9.80. The molecule has 0 spiro atoms. The molecule has 260 valence electrons. The highest BCUT2D eigenvalue weighted by molar-refractivity contribution is 5.79. The number of carbonyl (C=O) groups is 2. The van der Waals surface area contributed by atoms with Gasteiger partial charge in [-0.3, -0.25) is 9.59 Å². The van der Waals surface area contributed by atoms with Crippen LogP contribution in [0.4, 0.5) is 0 Å². The zero-order valence-corrected chi connectivity index (χ0v) is 29.7. The Labute approximate surface area is 273 Å². The third-order valence-electron chi connectivity index (χ3n) is 8.64. The Bertz CT molecular complexity index is 984. The third-order valence-corrected chi connectivity index (χ3v) is 8.64. The molecule has 0 aliphatic carbocycles. The molecule has 0 fully saturated rings. The lowest BCUT2D eigenvalue weighted by molar-refractivity contribution is -0.128. The van der Waals surface area contributed by atoms with Crippen LogP contribution >= 0.6 is 0 Å². The van der Waals surface area contributed by atoms with Crippen molar-refractivity contribution in [3.63, 3.8) is 0 Å². The van der Waals surface area contributed by atoms with Crippen LogP contribution in [0.25, 0.3) is 0 Å². The van der Waals surface area contributed by atoms with Crippen molar-refractivity contribution in [2.75, 3.05) is 40.5 Å². The molecule has 0 heterocycles. The summed E-state index contributed by atoms with van der Waals surface area (Å²) >= 11 is 0. The predicted molar refractivity (Wildman–Crippen MR) is 183 cm³/mol. The number of amides is 2. The van der Waals surface area contributed by atoms with Gasteiger partial charge < -0.3 is 35.7 Å². The van der Waals surface area contributed by atoms with E-state index >= 15 is 0 Å². The van der Waals surface area contributed by atoms with Gasteiger partial charge in [0, 0.05) is 51.6 Å². The Kier molecular flexibility index (Phi) is 19.4. The summed E-state index contributed by atoms with van der Waals surface area (Å²) < 4.78 is 16.6. The molecular weight excluding hydrogens is 570 g/mol. The predicted octanol–water partition coefficient (Wildman–Crippen LogP) is 5.50. The molecule has 0 aliphatic rings. The van der Waals surface area contributed by atoms with Gasteiger partial charge in [-0.15, -0.1) is 0 Å². The van der Waals surface area contributed by atoms with Crippen LogP contribution in [0.15, 0.2) is 18.2 Å². The van der Waals surface area contributed by atoms with E-state index in [1.54, 1.807) is 14.2 Å². The molecule has 0 saturated heterocycles. The van der Waals surface area contributed by atoms with Crippen molar-refractivity contribution in [3.8, 4) is 11.5 Å². The maximum Gasteiger partial charge on any atom is 0.223 e. The summed E-state index contributed by atoms with van der Waals surface area (Å²) in [5.74, 6) is 1.61. The van der Waals surface area contributed by atoms with E-state index in [1.165, 1.54) is 0 Å². The zero-order valence-electron chi connectivity index (χ0n) is 29.7. The topological polar surface area (TPSA) is 132 Å². The number of benzene rings is 1. The highest BCUT2D eigenvalue weighted by Crippen LogP contribution is 2.32. The van der Waals surface area contributed by atoms with Crippen LogP contribution in [0.5, 0.6) is 11.5 Å². The number of aliphatic hydroxyl groups excluding tert-OH is 1. The van der Waals surface area contributed by atoms with Crippen molar-refractivity contribution in [1.82, 2.24) is 10.6 Å². The minimum atomic E-state index is -0.810. The molecule has 1 aromatic rings. The van der Waals surface area contributed by atoms with Gasteiger partial charge in [-0.25, -0.2) is 0 Å². The molecule has 2 amide bonds. The molecule has 0 aromatic heterocycles. The minimum absolute atomic E-state index is 0.0377. The Hall–Kier alpha value is -2.36. The summed E-state index contributed by atoms with van der Waals surface area (Å²) in [6, 6.07) is 5.55. The van der Waals surface area contributed by atoms with Gasteiger partial charge in [-0.05, 0) is 66.5 Å². The van der Waals surface area contributed by atoms with Gasteiger partial charge in [-0.2, -0.15) is 0 Å². The fraction of sp³-hybridized carbons (Fsp3) is 0.778. The van der Waals surface area contributed by atoms with E-state index in [2.05, 4.69) is 37.5 Å². The highest BCUT2D eigenvalue weighted by Gasteiger charge is 2.31. The van der Waals surface area contributed by atoms with Crippen molar-refractivity contribution in [1.29, 1.82) is 0 Å². The number of nitrogens with two attached hydrogens (primary N) is 1. The monoisotopic (exact) mass is 635 g/mol. The lowest BCUT2D eigenvalue weighted by Gasteiger charge is -2.31. The molecular formula is C36H65N3O6. The molecule has 0 unspecified atom stereocenters. The fourth-order valence-corrected chi connectivity index (χ4v) is 5.35. The first-order valence-corrected chi connectivity index (χ1v) is 17.0. The number of unbranched alkanes of at least 4 members (excludes halogenated alkanes) is 2. The Morgan fingerprint density at radius 3 is 2.22 bits per heavy atom. The van der Waals surface area contributed by atoms with Crippen LogP contribution < -0.4 is 25.8 Å². The third kappa shape index (κ3) is 16.2. The normalized spacial score (nSPS) is 14.6. The van der Waals surface area contributed by atoms with Crippen molar-refractivity contribution in [2.24, 2.45) is 34.8 Å². The van der Waals surface area contributed by atoms with Crippen LogP contribution in [0.2, 0.25) is 0 Å². The maximum absolute atomic E-state index is 13.3. The number of rotatable bonds is 24. The molecule has 45 heavy (non-hydrogen) atoms. The smallest absolute Gasteiger partial charge is 0.223 e. The molecule has 0 saturated carbocycles. The van der Waals surface area contributed by atoms with Gasteiger partial charge in [0.2, 0.25) is 11.8 Å². The number of hydrogen-bond donors (Lipinski definition) is 4. The van der Waals surface area contributed by atoms with E-state index in [1.807, 2.05) is 39.8 Å². The highest BCUT2D eigenvalue weighted by atomic mass is 16.5. The molecule has 1 rings (SSSR count). The van der Waals surface area contributed by atoms with E-state index in [0.717, 1.165) is 37.7 Å². The maximum atomic E-state index is 13.3. The van der Waals surface area contributed by atoms with Crippen LogP contribution in [-0.2, 0) is 20.7 Å². The quantitative estimate of drug-likeness (QED) is 0.110.